The van der Waals surface area contributed by atoms with E-state index in [9.17, 15) is 19.2 Å². The van der Waals surface area contributed by atoms with Crippen LogP contribution in [0.1, 0.15) is 47.0 Å². The zero-order valence-corrected chi connectivity index (χ0v) is 15.4. The summed E-state index contributed by atoms with van der Waals surface area (Å²) in [7, 11) is 0. The van der Waals surface area contributed by atoms with Crippen molar-refractivity contribution in [1.82, 2.24) is 0 Å². The molecule has 140 valence electrons. The Hall–Kier alpha value is -4.06. The molecule has 0 fully saturated rings. The minimum atomic E-state index is -0.550. The Morgan fingerprint density at radius 2 is 1.00 bits per heavy atom. The van der Waals surface area contributed by atoms with Crippen molar-refractivity contribution < 1.29 is 19.2 Å². The molecule has 4 amide bonds. The van der Waals surface area contributed by atoms with E-state index in [2.05, 4.69) is 0 Å². The van der Waals surface area contributed by atoms with Crippen LogP contribution in [0.5, 0.6) is 0 Å². The van der Waals surface area contributed by atoms with Gasteiger partial charge in [-0.3, -0.25) is 19.2 Å². The predicted molar refractivity (Wildman–Crippen MR) is 106 cm³/mol. The van der Waals surface area contributed by atoms with Crippen molar-refractivity contribution in [3.8, 4) is 0 Å². The minimum Gasteiger partial charge on any atom is -0.268 e. The predicted octanol–water partition coefficient (Wildman–Crippen LogP) is 3.60. The molecule has 0 spiro atoms. The van der Waals surface area contributed by atoms with Crippen LogP contribution in [0.4, 0.5) is 11.4 Å². The fourth-order valence-electron chi connectivity index (χ4n) is 3.90. The fourth-order valence-corrected chi connectivity index (χ4v) is 3.90. The summed E-state index contributed by atoms with van der Waals surface area (Å²) in [4.78, 5) is 54.2. The average Bonchev–Trinajstić information content (AvgIpc) is 3.14. The number of hydrogen-bond donors (Lipinski definition) is 0. The van der Waals surface area contributed by atoms with Crippen LogP contribution in [0.25, 0.3) is 0 Å². The van der Waals surface area contributed by atoms with E-state index in [0.717, 1.165) is 15.4 Å². The van der Waals surface area contributed by atoms with E-state index in [-0.39, 0.29) is 27.9 Å². The normalized spacial score (nSPS) is 15.2. The summed E-state index contributed by atoms with van der Waals surface area (Å²) in [6, 6.07) is 18.2. The van der Waals surface area contributed by atoms with Gasteiger partial charge in [-0.1, -0.05) is 36.4 Å². The van der Waals surface area contributed by atoms with E-state index in [1.54, 1.807) is 42.5 Å². The molecule has 0 bridgehead atoms. The molecule has 0 saturated carbocycles. The monoisotopic (exact) mass is 382 g/mol. The Labute approximate surface area is 166 Å². The minimum absolute atomic E-state index is 0.0651. The summed E-state index contributed by atoms with van der Waals surface area (Å²) >= 11 is 0. The second kappa shape index (κ2) is 5.97. The number of para-hydroxylation sites is 1. The van der Waals surface area contributed by atoms with Crippen LogP contribution in [-0.4, -0.2) is 23.6 Å². The summed E-state index contributed by atoms with van der Waals surface area (Å²) in [6.07, 6.45) is 0. The lowest BCUT2D eigenvalue weighted by Crippen LogP contribution is -2.33. The average molecular weight is 382 g/mol. The topological polar surface area (TPSA) is 74.8 Å². The van der Waals surface area contributed by atoms with Gasteiger partial charge in [0.05, 0.1) is 33.6 Å². The number of anilines is 2. The van der Waals surface area contributed by atoms with Crippen LogP contribution in [-0.2, 0) is 0 Å². The highest BCUT2D eigenvalue weighted by atomic mass is 16.2. The molecule has 0 saturated heterocycles. The number of fused-ring (bicyclic) bond motifs is 2. The van der Waals surface area contributed by atoms with Gasteiger partial charge in [0, 0.05) is 0 Å². The number of rotatable bonds is 2. The smallest absolute Gasteiger partial charge is 0.268 e. The number of benzene rings is 3. The van der Waals surface area contributed by atoms with Crippen LogP contribution >= 0.6 is 0 Å². The molecular weight excluding hydrogens is 368 g/mol. The van der Waals surface area contributed by atoms with Crippen molar-refractivity contribution in [2.24, 2.45) is 0 Å². The van der Waals surface area contributed by atoms with Crippen molar-refractivity contribution in [3.05, 3.63) is 94.5 Å². The van der Waals surface area contributed by atoms with E-state index in [1.165, 1.54) is 12.1 Å². The molecule has 0 unspecified atom stereocenters. The second-order valence-corrected chi connectivity index (χ2v) is 6.92. The van der Waals surface area contributed by atoms with Gasteiger partial charge in [0.15, 0.2) is 0 Å². The highest BCUT2D eigenvalue weighted by Crippen LogP contribution is 2.38. The molecule has 5 rings (SSSR count). The Bertz CT molecular complexity index is 1230. The van der Waals surface area contributed by atoms with Crippen LogP contribution in [0.3, 0.4) is 0 Å². The highest BCUT2D eigenvalue weighted by molar-refractivity contribution is 6.40. The quantitative estimate of drug-likeness (QED) is 0.635. The number of amides is 4. The van der Waals surface area contributed by atoms with Crippen LogP contribution in [0, 0.1) is 6.92 Å². The first-order chi connectivity index (χ1) is 14.0. The maximum atomic E-state index is 13.3. The Kier molecular flexibility index (Phi) is 3.51. The van der Waals surface area contributed by atoms with Crippen molar-refractivity contribution in [1.29, 1.82) is 0 Å². The van der Waals surface area contributed by atoms with Gasteiger partial charge >= 0.3 is 0 Å². The molecule has 3 aromatic rings. The van der Waals surface area contributed by atoms with Gasteiger partial charge < -0.3 is 0 Å². The van der Waals surface area contributed by atoms with Crippen molar-refractivity contribution in [2.75, 3.05) is 9.80 Å². The SMILES string of the molecule is Cc1ccccc1N1C(=O)c2cccc(N3C(=O)c4ccccc4C3=O)c2C1=O. The summed E-state index contributed by atoms with van der Waals surface area (Å²) in [6.45, 7) is 1.81. The van der Waals surface area contributed by atoms with Gasteiger partial charge in [0.2, 0.25) is 0 Å². The lowest BCUT2D eigenvalue weighted by Gasteiger charge is -2.18. The molecule has 2 heterocycles. The molecule has 2 aliphatic rings. The number of imide groups is 2. The third kappa shape index (κ3) is 2.23. The molecule has 3 aromatic carbocycles. The van der Waals surface area contributed by atoms with Crippen LogP contribution < -0.4 is 9.80 Å². The number of aryl methyl sites for hydroxylation is 1. The lowest BCUT2D eigenvalue weighted by molar-refractivity contribution is 0.0917. The van der Waals surface area contributed by atoms with E-state index in [0.29, 0.717) is 5.69 Å². The maximum absolute atomic E-state index is 13.3. The van der Waals surface area contributed by atoms with Gasteiger partial charge in [-0.25, -0.2) is 9.80 Å². The molecule has 2 aliphatic heterocycles. The molecule has 6 nitrogen and oxygen atoms in total. The summed E-state index contributed by atoms with van der Waals surface area (Å²) in [5, 5.41) is 0. The van der Waals surface area contributed by atoms with E-state index in [1.807, 2.05) is 19.1 Å². The number of carbonyl (C=O) groups is 4. The summed E-state index contributed by atoms with van der Waals surface area (Å²) < 4.78 is 0. The van der Waals surface area contributed by atoms with Crippen molar-refractivity contribution >= 4 is 35.0 Å². The highest BCUT2D eigenvalue weighted by Gasteiger charge is 2.44. The Morgan fingerprint density at radius 1 is 0.517 bits per heavy atom. The van der Waals surface area contributed by atoms with E-state index >= 15 is 0 Å². The molecule has 6 heteroatoms. The number of carbonyl (C=O) groups excluding carboxylic acids is 4. The molecule has 0 atom stereocenters. The van der Waals surface area contributed by atoms with Crippen LogP contribution in [0.2, 0.25) is 0 Å². The van der Waals surface area contributed by atoms with Crippen molar-refractivity contribution in [2.45, 2.75) is 6.92 Å². The standard InChI is InChI=1S/C23H14N2O4/c1-13-7-2-5-11-17(13)24-22(28)16-10-6-12-18(19(16)23(24)29)25-20(26)14-8-3-4-9-15(14)21(25)27/h2-12H,1H3. The first kappa shape index (κ1) is 17.1. The molecule has 0 radical (unpaired) electrons. The summed E-state index contributed by atoms with van der Waals surface area (Å²) in [5.74, 6) is -2.04. The third-order valence-corrected chi connectivity index (χ3v) is 5.28. The molecule has 0 aliphatic carbocycles. The zero-order valence-electron chi connectivity index (χ0n) is 15.4. The maximum Gasteiger partial charge on any atom is 0.268 e. The molecule has 29 heavy (non-hydrogen) atoms. The van der Waals surface area contributed by atoms with E-state index in [4.69, 9.17) is 0 Å². The van der Waals surface area contributed by atoms with Gasteiger partial charge in [-0.2, -0.15) is 0 Å². The third-order valence-electron chi connectivity index (χ3n) is 5.28. The Morgan fingerprint density at radius 3 is 1.66 bits per heavy atom. The van der Waals surface area contributed by atoms with Gasteiger partial charge in [-0.05, 0) is 42.8 Å². The largest absolute Gasteiger partial charge is 0.268 e. The molecule has 0 aromatic heterocycles. The lowest BCUT2D eigenvalue weighted by atomic mass is 10.1. The van der Waals surface area contributed by atoms with Crippen molar-refractivity contribution in [3.63, 3.8) is 0 Å². The number of nitrogens with zero attached hydrogens (tertiary/aromatic N) is 2. The second-order valence-electron chi connectivity index (χ2n) is 6.92. The van der Waals surface area contributed by atoms with Gasteiger partial charge in [0.1, 0.15) is 0 Å². The fraction of sp³-hybridized carbons (Fsp3) is 0.0435. The number of hydrogen-bond acceptors (Lipinski definition) is 4. The first-order valence-electron chi connectivity index (χ1n) is 9.06. The Balaban J connectivity index is 1.66. The molecular formula is C23H14N2O4. The van der Waals surface area contributed by atoms with Crippen LogP contribution in [0.15, 0.2) is 66.7 Å². The van der Waals surface area contributed by atoms with E-state index < -0.39 is 23.6 Å². The van der Waals surface area contributed by atoms with Gasteiger partial charge in [-0.15, -0.1) is 0 Å². The summed E-state index contributed by atoms with van der Waals surface area (Å²) in [5.41, 5.74) is 2.17. The van der Waals surface area contributed by atoms with Gasteiger partial charge in [0.25, 0.3) is 23.6 Å². The first-order valence-corrected chi connectivity index (χ1v) is 9.06. The zero-order chi connectivity index (χ0) is 20.3. The molecule has 0 N–H and O–H groups in total.